The summed E-state index contributed by atoms with van der Waals surface area (Å²) in [4.78, 5) is 20.3. The van der Waals surface area contributed by atoms with E-state index in [0.29, 0.717) is 37.3 Å². The van der Waals surface area contributed by atoms with Crippen LogP contribution in [0.25, 0.3) is 0 Å². The molecule has 0 aliphatic rings. The number of nitrogens with one attached hydrogen (secondary N) is 2. The number of hydrogen-bond acceptors (Lipinski definition) is 4. The predicted octanol–water partition coefficient (Wildman–Crippen LogP) is 3.38. The summed E-state index contributed by atoms with van der Waals surface area (Å²) in [6, 6.07) is 14.3. The highest BCUT2D eigenvalue weighted by Gasteiger charge is 2.08. The molecular formula is C21H20F2N4O. The summed E-state index contributed by atoms with van der Waals surface area (Å²) >= 11 is 0. The number of aromatic nitrogens is 2. The van der Waals surface area contributed by atoms with E-state index in [1.54, 1.807) is 36.4 Å². The van der Waals surface area contributed by atoms with Crippen LogP contribution in [0.5, 0.6) is 0 Å². The Labute approximate surface area is 161 Å². The second kappa shape index (κ2) is 9.55. The first-order valence-corrected chi connectivity index (χ1v) is 8.94. The molecule has 28 heavy (non-hydrogen) atoms. The van der Waals surface area contributed by atoms with Crippen molar-refractivity contribution in [2.45, 2.75) is 12.8 Å². The van der Waals surface area contributed by atoms with Gasteiger partial charge in [-0.15, -0.1) is 0 Å². The minimum atomic E-state index is -0.318. The lowest BCUT2D eigenvalue weighted by Gasteiger charge is -2.08. The minimum absolute atomic E-state index is 0.238. The van der Waals surface area contributed by atoms with Gasteiger partial charge in [0.15, 0.2) is 0 Å². The lowest BCUT2D eigenvalue weighted by Crippen LogP contribution is -2.26. The van der Waals surface area contributed by atoms with Crippen LogP contribution in [0.4, 0.5) is 14.6 Å². The Morgan fingerprint density at radius 2 is 1.71 bits per heavy atom. The van der Waals surface area contributed by atoms with Crippen molar-refractivity contribution in [2.75, 3.05) is 18.4 Å². The van der Waals surface area contributed by atoms with Crippen LogP contribution in [-0.4, -0.2) is 29.0 Å². The van der Waals surface area contributed by atoms with Gasteiger partial charge in [0, 0.05) is 19.2 Å². The maximum absolute atomic E-state index is 13.6. The van der Waals surface area contributed by atoms with Gasteiger partial charge in [0.05, 0.1) is 0 Å². The topological polar surface area (TPSA) is 66.9 Å². The van der Waals surface area contributed by atoms with Crippen LogP contribution < -0.4 is 10.6 Å². The van der Waals surface area contributed by atoms with E-state index in [9.17, 15) is 13.6 Å². The second-order valence-electron chi connectivity index (χ2n) is 6.19. The number of carbonyl (C=O) groups excluding carboxylic acids is 1. The van der Waals surface area contributed by atoms with E-state index in [0.717, 1.165) is 5.56 Å². The van der Waals surface area contributed by atoms with E-state index >= 15 is 0 Å². The molecule has 1 aromatic heterocycles. The molecule has 0 saturated carbocycles. The molecule has 1 heterocycles. The average Bonchev–Trinajstić information content (AvgIpc) is 2.71. The summed E-state index contributed by atoms with van der Waals surface area (Å²) in [7, 11) is 0. The van der Waals surface area contributed by atoms with Crippen LogP contribution in [0.1, 0.15) is 21.6 Å². The number of carbonyl (C=O) groups is 1. The van der Waals surface area contributed by atoms with Crippen LogP contribution in [0.3, 0.4) is 0 Å². The molecule has 0 spiro atoms. The molecule has 3 aromatic rings. The fourth-order valence-corrected chi connectivity index (χ4v) is 2.67. The van der Waals surface area contributed by atoms with Gasteiger partial charge in [-0.2, -0.15) is 0 Å². The summed E-state index contributed by atoms with van der Waals surface area (Å²) in [6.07, 6.45) is 2.39. The lowest BCUT2D eigenvalue weighted by molar-refractivity contribution is 0.0949. The first-order valence-electron chi connectivity index (χ1n) is 8.94. The summed E-state index contributed by atoms with van der Waals surface area (Å²) in [6.45, 7) is 0.883. The molecule has 2 N–H and O–H groups in total. The zero-order valence-corrected chi connectivity index (χ0v) is 15.2. The second-order valence-corrected chi connectivity index (χ2v) is 6.19. The number of hydrogen-bond donors (Lipinski definition) is 2. The van der Waals surface area contributed by atoms with Crippen molar-refractivity contribution in [1.82, 2.24) is 15.3 Å². The van der Waals surface area contributed by atoms with Crippen LogP contribution in [0, 0.1) is 11.6 Å². The molecule has 0 atom stereocenters. The van der Waals surface area contributed by atoms with Gasteiger partial charge in [0.2, 0.25) is 0 Å². The number of benzene rings is 2. The molecule has 2 aromatic carbocycles. The summed E-state index contributed by atoms with van der Waals surface area (Å²) in [5, 5.41) is 5.85. The normalized spacial score (nSPS) is 10.5. The standard InChI is InChI=1S/C21H20F2N4O/c22-17-7-5-15(6-8-17)9-11-25-21(28)19-13-20(27-14-26-19)24-12-10-16-3-1-2-4-18(16)23/h1-8,13-14H,9-12H2,(H,25,28)(H,24,26,27). The molecule has 1 amide bonds. The zero-order chi connectivity index (χ0) is 19.8. The molecule has 3 rings (SSSR count). The fraction of sp³-hybridized carbons (Fsp3) is 0.190. The molecular weight excluding hydrogens is 362 g/mol. The van der Waals surface area contributed by atoms with Gasteiger partial charge < -0.3 is 10.6 Å². The van der Waals surface area contributed by atoms with Crippen LogP contribution in [0.15, 0.2) is 60.9 Å². The highest BCUT2D eigenvalue weighted by atomic mass is 19.1. The zero-order valence-electron chi connectivity index (χ0n) is 15.2. The number of halogens is 2. The van der Waals surface area contributed by atoms with E-state index in [1.807, 2.05) is 0 Å². The summed E-state index contributed by atoms with van der Waals surface area (Å²) in [5.74, 6) is -0.353. The van der Waals surface area contributed by atoms with Crippen LogP contribution in [0.2, 0.25) is 0 Å². The number of anilines is 1. The molecule has 0 aliphatic heterocycles. The lowest BCUT2D eigenvalue weighted by atomic mass is 10.1. The Morgan fingerprint density at radius 3 is 2.50 bits per heavy atom. The molecule has 0 aliphatic carbocycles. The Morgan fingerprint density at radius 1 is 0.929 bits per heavy atom. The maximum atomic E-state index is 13.6. The van der Waals surface area contributed by atoms with Crippen LogP contribution in [-0.2, 0) is 12.8 Å². The SMILES string of the molecule is O=C(NCCc1ccc(F)cc1)c1cc(NCCc2ccccc2F)ncn1. The van der Waals surface area contributed by atoms with Gasteiger partial charge in [-0.25, -0.2) is 18.7 Å². The van der Waals surface area contributed by atoms with Crippen LogP contribution >= 0.6 is 0 Å². The smallest absolute Gasteiger partial charge is 0.270 e. The van der Waals surface area contributed by atoms with E-state index in [-0.39, 0.29) is 23.2 Å². The number of rotatable bonds is 8. The highest BCUT2D eigenvalue weighted by molar-refractivity contribution is 5.92. The Balaban J connectivity index is 1.48. The third kappa shape index (κ3) is 5.57. The van der Waals surface area contributed by atoms with E-state index in [2.05, 4.69) is 20.6 Å². The minimum Gasteiger partial charge on any atom is -0.370 e. The van der Waals surface area contributed by atoms with Gasteiger partial charge in [-0.3, -0.25) is 4.79 Å². The fourth-order valence-electron chi connectivity index (χ4n) is 2.67. The molecule has 0 saturated heterocycles. The predicted molar refractivity (Wildman–Crippen MR) is 103 cm³/mol. The molecule has 0 radical (unpaired) electrons. The van der Waals surface area contributed by atoms with Crippen molar-refractivity contribution < 1.29 is 13.6 Å². The Bertz CT molecular complexity index is 932. The van der Waals surface area contributed by atoms with E-state index in [4.69, 9.17) is 0 Å². The molecule has 5 nitrogen and oxygen atoms in total. The third-order valence-electron chi connectivity index (χ3n) is 4.17. The summed E-state index contributed by atoms with van der Waals surface area (Å²) < 4.78 is 26.5. The number of amides is 1. The quantitative estimate of drug-likeness (QED) is 0.627. The molecule has 0 unspecified atom stereocenters. The first-order chi connectivity index (χ1) is 13.6. The van der Waals surface area contributed by atoms with Gasteiger partial charge in [0.25, 0.3) is 5.91 Å². The maximum Gasteiger partial charge on any atom is 0.270 e. The van der Waals surface area contributed by atoms with Crippen molar-refractivity contribution in [3.05, 3.63) is 89.4 Å². The summed E-state index contributed by atoms with van der Waals surface area (Å²) in [5.41, 5.74) is 1.78. The third-order valence-corrected chi connectivity index (χ3v) is 4.17. The van der Waals surface area contributed by atoms with Gasteiger partial charge in [0.1, 0.15) is 29.5 Å². The van der Waals surface area contributed by atoms with Crippen molar-refractivity contribution in [3.8, 4) is 0 Å². The first kappa shape index (κ1) is 19.4. The molecule has 7 heteroatoms. The van der Waals surface area contributed by atoms with Gasteiger partial charge in [-0.1, -0.05) is 30.3 Å². The van der Waals surface area contributed by atoms with Gasteiger partial charge in [-0.05, 0) is 42.2 Å². The highest BCUT2D eigenvalue weighted by Crippen LogP contribution is 2.09. The average molecular weight is 382 g/mol. The Hall–Kier alpha value is -3.35. The Kier molecular flexibility index (Phi) is 6.62. The molecule has 144 valence electrons. The van der Waals surface area contributed by atoms with E-state index < -0.39 is 0 Å². The van der Waals surface area contributed by atoms with Crippen molar-refractivity contribution in [1.29, 1.82) is 0 Å². The molecule has 0 fully saturated rings. The van der Waals surface area contributed by atoms with Crippen molar-refractivity contribution >= 4 is 11.7 Å². The van der Waals surface area contributed by atoms with E-state index in [1.165, 1.54) is 24.5 Å². The van der Waals surface area contributed by atoms with Crippen molar-refractivity contribution in [2.24, 2.45) is 0 Å². The largest absolute Gasteiger partial charge is 0.370 e. The monoisotopic (exact) mass is 382 g/mol. The van der Waals surface area contributed by atoms with Gasteiger partial charge >= 0.3 is 0 Å². The molecule has 0 bridgehead atoms. The van der Waals surface area contributed by atoms with Crippen molar-refractivity contribution in [3.63, 3.8) is 0 Å². The number of nitrogens with zero attached hydrogens (tertiary/aromatic N) is 2.